The molecule has 1 atom stereocenters. The minimum absolute atomic E-state index is 0.0415. The van der Waals surface area contributed by atoms with Crippen molar-refractivity contribution in [2.24, 2.45) is 0 Å². The maximum Gasteiger partial charge on any atom is 0.276 e. The summed E-state index contributed by atoms with van der Waals surface area (Å²) < 4.78 is 5.42. The highest BCUT2D eigenvalue weighted by molar-refractivity contribution is 5.97. The van der Waals surface area contributed by atoms with E-state index in [0.717, 1.165) is 24.0 Å². The lowest BCUT2D eigenvalue weighted by Crippen LogP contribution is -2.53. The summed E-state index contributed by atoms with van der Waals surface area (Å²) in [5.74, 6) is 0.204. The third kappa shape index (κ3) is 4.21. The van der Waals surface area contributed by atoms with Crippen LogP contribution in [-0.2, 0) is 4.79 Å². The van der Waals surface area contributed by atoms with Gasteiger partial charge >= 0.3 is 0 Å². The van der Waals surface area contributed by atoms with E-state index in [9.17, 15) is 9.59 Å². The highest BCUT2D eigenvalue weighted by Crippen LogP contribution is 2.25. The standard InChI is InChI=1S/C21H27N3O3/c1-13(2)22-20(25)18-7-5-6-10-24(18)21(26)17-12-19(27-23-17)16-9-8-14(3)15(4)11-16/h8-9,11-13,18H,5-7,10H2,1-4H3,(H,22,25)/t18-/m1/s1. The van der Waals surface area contributed by atoms with Crippen molar-refractivity contribution in [1.82, 2.24) is 15.4 Å². The van der Waals surface area contributed by atoms with Crippen molar-refractivity contribution in [3.8, 4) is 11.3 Å². The second-order valence-electron chi connectivity index (χ2n) is 7.55. The van der Waals surface area contributed by atoms with E-state index >= 15 is 0 Å². The molecule has 2 heterocycles. The number of carbonyl (C=O) groups is 2. The minimum atomic E-state index is -0.449. The van der Waals surface area contributed by atoms with E-state index in [0.29, 0.717) is 18.7 Å². The zero-order chi connectivity index (χ0) is 19.6. The molecule has 1 aromatic heterocycles. The number of nitrogens with zero attached hydrogens (tertiary/aromatic N) is 2. The van der Waals surface area contributed by atoms with Crippen LogP contribution in [0.4, 0.5) is 0 Å². The summed E-state index contributed by atoms with van der Waals surface area (Å²) in [5.41, 5.74) is 3.48. The molecule has 0 radical (unpaired) electrons. The highest BCUT2D eigenvalue weighted by atomic mass is 16.5. The number of benzene rings is 1. The van der Waals surface area contributed by atoms with Crippen molar-refractivity contribution in [1.29, 1.82) is 0 Å². The summed E-state index contributed by atoms with van der Waals surface area (Å²) in [7, 11) is 0. The third-order valence-electron chi connectivity index (χ3n) is 5.02. The van der Waals surface area contributed by atoms with Crippen molar-refractivity contribution < 1.29 is 14.1 Å². The zero-order valence-electron chi connectivity index (χ0n) is 16.4. The Morgan fingerprint density at radius 1 is 1.19 bits per heavy atom. The number of carbonyl (C=O) groups excluding carboxylic acids is 2. The van der Waals surface area contributed by atoms with Gasteiger partial charge in [-0.3, -0.25) is 9.59 Å². The summed E-state index contributed by atoms with van der Waals surface area (Å²) in [5, 5.41) is 6.89. The molecule has 0 saturated carbocycles. The monoisotopic (exact) mass is 369 g/mol. The number of aryl methyl sites for hydroxylation is 2. The molecule has 2 aromatic rings. The van der Waals surface area contributed by atoms with Gasteiger partial charge in [-0.2, -0.15) is 0 Å². The first-order valence-corrected chi connectivity index (χ1v) is 9.52. The van der Waals surface area contributed by atoms with Crippen LogP contribution in [0.5, 0.6) is 0 Å². The molecule has 1 saturated heterocycles. The van der Waals surface area contributed by atoms with Crippen molar-refractivity contribution in [3.05, 3.63) is 41.1 Å². The summed E-state index contributed by atoms with van der Waals surface area (Å²) in [6.07, 6.45) is 2.50. The number of piperidine rings is 1. The van der Waals surface area contributed by atoms with E-state index in [2.05, 4.69) is 10.5 Å². The smallest absolute Gasteiger partial charge is 0.276 e. The molecule has 6 nitrogen and oxygen atoms in total. The molecule has 3 rings (SSSR count). The van der Waals surface area contributed by atoms with Crippen molar-refractivity contribution in [2.75, 3.05) is 6.54 Å². The molecule has 144 valence electrons. The normalized spacial score (nSPS) is 17.2. The molecule has 6 heteroatoms. The van der Waals surface area contributed by atoms with E-state index in [-0.39, 0.29) is 23.6 Å². The van der Waals surface area contributed by atoms with Crippen LogP contribution < -0.4 is 5.32 Å². The van der Waals surface area contributed by atoms with E-state index in [4.69, 9.17) is 4.52 Å². The topological polar surface area (TPSA) is 75.4 Å². The van der Waals surface area contributed by atoms with Gasteiger partial charge in [-0.1, -0.05) is 17.3 Å². The van der Waals surface area contributed by atoms with E-state index in [1.165, 1.54) is 5.56 Å². The van der Waals surface area contributed by atoms with Crippen LogP contribution in [0.15, 0.2) is 28.8 Å². The van der Waals surface area contributed by atoms with Gasteiger partial charge in [-0.05, 0) is 64.2 Å². The van der Waals surface area contributed by atoms with Gasteiger partial charge in [0.25, 0.3) is 5.91 Å². The Labute approximate surface area is 159 Å². The molecule has 1 aromatic carbocycles. The Balaban J connectivity index is 1.81. The molecule has 0 unspecified atom stereocenters. The summed E-state index contributed by atoms with van der Waals surface area (Å²) in [4.78, 5) is 27.1. The zero-order valence-corrected chi connectivity index (χ0v) is 16.4. The van der Waals surface area contributed by atoms with Crippen molar-refractivity contribution >= 4 is 11.8 Å². The number of hydrogen-bond donors (Lipinski definition) is 1. The minimum Gasteiger partial charge on any atom is -0.355 e. The molecule has 2 amide bonds. The Morgan fingerprint density at radius 2 is 1.96 bits per heavy atom. The molecular weight excluding hydrogens is 342 g/mol. The van der Waals surface area contributed by atoms with Gasteiger partial charge in [0.15, 0.2) is 11.5 Å². The maximum atomic E-state index is 13.0. The Hall–Kier alpha value is -2.63. The molecule has 0 aliphatic carbocycles. The van der Waals surface area contributed by atoms with Gasteiger partial charge < -0.3 is 14.7 Å². The number of likely N-dealkylation sites (tertiary alicyclic amines) is 1. The molecular formula is C21H27N3O3. The summed E-state index contributed by atoms with van der Waals surface area (Å²) >= 11 is 0. The van der Waals surface area contributed by atoms with Gasteiger partial charge in [-0.25, -0.2) is 0 Å². The number of aromatic nitrogens is 1. The van der Waals surface area contributed by atoms with E-state index < -0.39 is 6.04 Å². The number of rotatable bonds is 4. The van der Waals surface area contributed by atoms with Gasteiger partial charge in [0.05, 0.1) is 0 Å². The fraction of sp³-hybridized carbons (Fsp3) is 0.476. The quantitative estimate of drug-likeness (QED) is 0.895. The van der Waals surface area contributed by atoms with Crippen LogP contribution in [0, 0.1) is 13.8 Å². The van der Waals surface area contributed by atoms with Crippen LogP contribution >= 0.6 is 0 Å². The molecule has 1 aliphatic heterocycles. The maximum absolute atomic E-state index is 13.0. The molecule has 1 aliphatic rings. The second kappa shape index (κ2) is 7.94. The molecule has 1 N–H and O–H groups in total. The first-order chi connectivity index (χ1) is 12.9. The lowest BCUT2D eigenvalue weighted by atomic mass is 10.0. The fourth-order valence-corrected chi connectivity index (χ4v) is 3.38. The van der Waals surface area contributed by atoms with Gasteiger partial charge in [0.2, 0.25) is 5.91 Å². The van der Waals surface area contributed by atoms with Crippen LogP contribution in [0.3, 0.4) is 0 Å². The average Bonchev–Trinajstić information content (AvgIpc) is 3.13. The van der Waals surface area contributed by atoms with Crippen LogP contribution in [-0.4, -0.2) is 40.5 Å². The van der Waals surface area contributed by atoms with Crippen LogP contribution in [0.2, 0.25) is 0 Å². The molecule has 0 bridgehead atoms. The van der Waals surface area contributed by atoms with E-state index in [1.54, 1.807) is 11.0 Å². The predicted molar refractivity (Wildman–Crippen MR) is 103 cm³/mol. The predicted octanol–water partition coefficient (Wildman–Crippen LogP) is 3.48. The molecule has 0 spiro atoms. The molecule has 1 fully saturated rings. The van der Waals surface area contributed by atoms with Crippen LogP contribution in [0.25, 0.3) is 11.3 Å². The Kier molecular flexibility index (Phi) is 5.63. The highest BCUT2D eigenvalue weighted by Gasteiger charge is 2.34. The summed E-state index contributed by atoms with van der Waals surface area (Å²) in [6, 6.07) is 7.25. The van der Waals surface area contributed by atoms with Crippen molar-refractivity contribution in [2.45, 2.75) is 59.0 Å². The Bertz CT molecular complexity index is 841. The SMILES string of the molecule is Cc1ccc(-c2cc(C(=O)N3CCCC[C@@H]3C(=O)NC(C)C)no2)cc1C. The second-order valence-corrected chi connectivity index (χ2v) is 7.55. The number of amides is 2. The van der Waals surface area contributed by atoms with Gasteiger partial charge in [-0.15, -0.1) is 0 Å². The average molecular weight is 369 g/mol. The summed E-state index contributed by atoms with van der Waals surface area (Å²) in [6.45, 7) is 8.47. The van der Waals surface area contributed by atoms with Crippen molar-refractivity contribution in [3.63, 3.8) is 0 Å². The number of nitrogens with one attached hydrogen (secondary N) is 1. The number of hydrogen-bond acceptors (Lipinski definition) is 4. The van der Waals surface area contributed by atoms with Gasteiger partial charge in [0.1, 0.15) is 6.04 Å². The third-order valence-corrected chi connectivity index (χ3v) is 5.02. The first kappa shape index (κ1) is 19.1. The van der Waals surface area contributed by atoms with Crippen LogP contribution in [0.1, 0.15) is 54.7 Å². The lowest BCUT2D eigenvalue weighted by molar-refractivity contribution is -0.127. The molecule has 27 heavy (non-hydrogen) atoms. The largest absolute Gasteiger partial charge is 0.355 e. The Morgan fingerprint density at radius 3 is 2.67 bits per heavy atom. The first-order valence-electron chi connectivity index (χ1n) is 9.52. The fourth-order valence-electron chi connectivity index (χ4n) is 3.38. The van der Waals surface area contributed by atoms with Gasteiger partial charge in [0, 0.05) is 24.2 Å². The van der Waals surface area contributed by atoms with E-state index in [1.807, 2.05) is 45.9 Å². The lowest BCUT2D eigenvalue weighted by Gasteiger charge is -2.34.